The van der Waals surface area contributed by atoms with E-state index in [0.717, 1.165) is 0 Å². The number of Topliss-reactive ketones (excluding diaryl/α,β-unsaturated/α-hetero) is 1. The van der Waals surface area contributed by atoms with Crippen molar-refractivity contribution < 1.29 is 14.3 Å². The van der Waals surface area contributed by atoms with Crippen molar-refractivity contribution in [2.45, 2.75) is 13.8 Å². The van der Waals surface area contributed by atoms with Gasteiger partial charge in [-0.15, -0.1) is 0 Å². The van der Waals surface area contributed by atoms with Crippen molar-refractivity contribution in [1.29, 1.82) is 5.26 Å². The summed E-state index contributed by atoms with van der Waals surface area (Å²) in [5, 5.41) is 8.75. The van der Waals surface area contributed by atoms with Gasteiger partial charge >= 0.3 is 5.97 Å². The van der Waals surface area contributed by atoms with E-state index in [4.69, 9.17) is 5.26 Å². The first-order valence-electron chi connectivity index (χ1n) is 5.07. The van der Waals surface area contributed by atoms with Crippen LogP contribution in [0.3, 0.4) is 0 Å². The molecule has 17 heavy (non-hydrogen) atoms. The molecule has 0 aliphatic heterocycles. The Morgan fingerprint density at radius 1 is 1.35 bits per heavy atom. The summed E-state index contributed by atoms with van der Waals surface area (Å²) in [5.74, 6) is -0.952. The van der Waals surface area contributed by atoms with Crippen molar-refractivity contribution in [3.8, 4) is 6.07 Å². The van der Waals surface area contributed by atoms with Crippen LogP contribution in [0.2, 0.25) is 0 Å². The molecule has 88 valence electrons. The maximum Gasteiger partial charge on any atom is 0.319 e. The summed E-state index contributed by atoms with van der Waals surface area (Å²) in [7, 11) is 1.24. The molecule has 0 N–H and O–H groups in total. The third kappa shape index (κ3) is 2.51. The van der Waals surface area contributed by atoms with Crippen LogP contribution in [0, 0.1) is 16.7 Å². The molecule has 0 aromatic heterocycles. The van der Waals surface area contributed by atoms with Gasteiger partial charge in [-0.2, -0.15) is 5.26 Å². The lowest BCUT2D eigenvalue weighted by Gasteiger charge is -2.19. The molecule has 0 fully saturated rings. The van der Waals surface area contributed by atoms with Crippen molar-refractivity contribution in [2.24, 2.45) is 5.41 Å². The fourth-order valence-corrected chi connectivity index (χ4v) is 1.44. The summed E-state index contributed by atoms with van der Waals surface area (Å²) in [6.07, 6.45) is 0. The number of nitrogens with zero attached hydrogens (tertiary/aromatic N) is 1. The molecule has 0 radical (unpaired) electrons. The predicted molar refractivity (Wildman–Crippen MR) is 61.3 cm³/mol. The third-order valence-corrected chi connectivity index (χ3v) is 2.52. The topological polar surface area (TPSA) is 67.2 Å². The van der Waals surface area contributed by atoms with Crippen LogP contribution in [0.25, 0.3) is 0 Å². The monoisotopic (exact) mass is 231 g/mol. The third-order valence-electron chi connectivity index (χ3n) is 2.52. The first-order valence-corrected chi connectivity index (χ1v) is 5.07. The number of carbonyl (C=O) groups is 2. The number of hydrogen-bond donors (Lipinski definition) is 0. The zero-order valence-corrected chi connectivity index (χ0v) is 9.98. The summed E-state index contributed by atoms with van der Waals surface area (Å²) < 4.78 is 4.59. The lowest BCUT2D eigenvalue weighted by molar-refractivity contribution is -0.147. The molecule has 0 saturated heterocycles. The average molecular weight is 231 g/mol. The Morgan fingerprint density at radius 3 is 2.53 bits per heavy atom. The van der Waals surface area contributed by atoms with Crippen molar-refractivity contribution in [3.05, 3.63) is 35.4 Å². The van der Waals surface area contributed by atoms with Gasteiger partial charge in [0.1, 0.15) is 5.41 Å². The molecule has 1 rings (SSSR count). The lowest BCUT2D eigenvalue weighted by atomic mass is 9.84. The Kier molecular flexibility index (Phi) is 3.64. The second-order valence-corrected chi connectivity index (χ2v) is 4.14. The molecule has 4 heteroatoms. The zero-order chi connectivity index (χ0) is 13.1. The molecule has 0 atom stereocenters. The summed E-state index contributed by atoms with van der Waals surface area (Å²) in [6.45, 7) is 3.00. The number of esters is 1. The SMILES string of the molecule is COC(=O)C(C)(C)C(=O)c1cccc(C#N)c1. The van der Waals surface area contributed by atoms with Gasteiger partial charge in [-0.25, -0.2) is 0 Å². The van der Waals surface area contributed by atoms with E-state index in [0.29, 0.717) is 11.1 Å². The lowest BCUT2D eigenvalue weighted by Crippen LogP contribution is -2.34. The van der Waals surface area contributed by atoms with Gasteiger partial charge in [-0.3, -0.25) is 9.59 Å². The van der Waals surface area contributed by atoms with Gasteiger partial charge < -0.3 is 4.74 Å². The summed E-state index contributed by atoms with van der Waals surface area (Å²) in [6, 6.07) is 8.20. The smallest absolute Gasteiger partial charge is 0.319 e. The number of ketones is 1. The van der Waals surface area contributed by atoms with E-state index in [2.05, 4.69) is 4.74 Å². The number of methoxy groups -OCH3 is 1. The standard InChI is InChI=1S/C13H13NO3/c1-13(2,12(16)17-3)11(15)10-6-4-5-9(7-10)8-14/h4-7H,1-3H3. The maximum absolute atomic E-state index is 12.1. The molecule has 0 spiro atoms. The second-order valence-electron chi connectivity index (χ2n) is 4.14. The highest BCUT2D eigenvalue weighted by atomic mass is 16.5. The van der Waals surface area contributed by atoms with Gasteiger partial charge in [0.25, 0.3) is 0 Å². The minimum absolute atomic E-state index is 0.333. The van der Waals surface area contributed by atoms with Crippen LogP contribution in [-0.2, 0) is 9.53 Å². The molecular weight excluding hydrogens is 218 g/mol. The number of ether oxygens (including phenoxy) is 1. The fourth-order valence-electron chi connectivity index (χ4n) is 1.44. The van der Waals surface area contributed by atoms with Gasteiger partial charge in [0.15, 0.2) is 5.78 Å². The van der Waals surface area contributed by atoms with Crippen LogP contribution in [0.1, 0.15) is 29.8 Å². The number of nitriles is 1. The first kappa shape index (κ1) is 12.9. The highest BCUT2D eigenvalue weighted by molar-refractivity contribution is 6.11. The minimum atomic E-state index is -1.25. The molecule has 0 saturated carbocycles. The van der Waals surface area contributed by atoms with E-state index < -0.39 is 11.4 Å². The zero-order valence-electron chi connectivity index (χ0n) is 9.98. The Labute approximate surface area is 99.8 Å². The molecule has 0 heterocycles. The number of benzene rings is 1. The predicted octanol–water partition coefficient (Wildman–Crippen LogP) is 1.94. The molecular formula is C13H13NO3. The summed E-state index contributed by atoms with van der Waals surface area (Å²) >= 11 is 0. The van der Waals surface area contributed by atoms with Gasteiger partial charge in [0.05, 0.1) is 18.7 Å². The van der Waals surface area contributed by atoms with Crippen LogP contribution in [0.4, 0.5) is 0 Å². The van der Waals surface area contributed by atoms with Crippen LogP contribution in [0.5, 0.6) is 0 Å². The highest BCUT2D eigenvalue weighted by Gasteiger charge is 2.37. The Hall–Kier alpha value is -2.15. The maximum atomic E-state index is 12.1. The van der Waals surface area contributed by atoms with Gasteiger partial charge in [0, 0.05) is 5.56 Å². The second kappa shape index (κ2) is 4.79. The molecule has 0 unspecified atom stereocenters. The van der Waals surface area contributed by atoms with E-state index in [1.165, 1.54) is 27.0 Å². The molecule has 1 aromatic rings. The van der Waals surface area contributed by atoms with Crippen molar-refractivity contribution in [1.82, 2.24) is 0 Å². The fraction of sp³-hybridized carbons (Fsp3) is 0.308. The highest BCUT2D eigenvalue weighted by Crippen LogP contribution is 2.23. The number of hydrogen-bond acceptors (Lipinski definition) is 4. The molecule has 0 amide bonds. The first-order chi connectivity index (χ1) is 7.93. The minimum Gasteiger partial charge on any atom is -0.468 e. The van der Waals surface area contributed by atoms with E-state index in [9.17, 15) is 9.59 Å². The van der Waals surface area contributed by atoms with Crippen LogP contribution in [-0.4, -0.2) is 18.9 Å². The van der Waals surface area contributed by atoms with Gasteiger partial charge in [0.2, 0.25) is 0 Å². The molecule has 0 bridgehead atoms. The van der Waals surface area contributed by atoms with Crippen LogP contribution < -0.4 is 0 Å². The van der Waals surface area contributed by atoms with Gasteiger partial charge in [-0.05, 0) is 26.0 Å². The Morgan fingerprint density at radius 2 is 2.00 bits per heavy atom. The van der Waals surface area contributed by atoms with E-state index in [1.807, 2.05) is 6.07 Å². The average Bonchev–Trinajstić information content (AvgIpc) is 2.36. The van der Waals surface area contributed by atoms with Crippen LogP contribution in [0.15, 0.2) is 24.3 Å². The summed E-state index contributed by atoms with van der Waals surface area (Å²) in [5.41, 5.74) is -0.529. The normalized spacial score (nSPS) is 10.5. The molecule has 0 aliphatic rings. The Bertz CT molecular complexity index is 498. The van der Waals surface area contributed by atoms with Crippen LogP contribution >= 0.6 is 0 Å². The quantitative estimate of drug-likeness (QED) is 0.453. The number of carbonyl (C=O) groups excluding carboxylic acids is 2. The van der Waals surface area contributed by atoms with E-state index in [1.54, 1.807) is 18.2 Å². The van der Waals surface area contributed by atoms with Crippen molar-refractivity contribution >= 4 is 11.8 Å². The molecule has 4 nitrogen and oxygen atoms in total. The van der Waals surface area contributed by atoms with Crippen molar-refractivity contribution in [2.75, 3.05) is 7.11 Å². The van der Waals surface area contributed by atoms with E-state index >= 15 is 0 Å². The molecule has 1 aromatic carbocycles. The van der Waals surface area contributed by atoms with Gasteiger partial charge in [-0.1, -0.05) is 12.1 Å². The largest absolute Gasteiger partial charge is 0.468 e. The Balaban J connectivity index is 3.13. The van der Waals surface area contributed by atoms with E-state index in [-0.39, 0.29) is 5.78 Å². The molecule has 0 aliphatic carbocycles. The van der Waals surface area contributed by atoms with Crippen molar-refractivity contribution in [3.63, 3.8) is 0 Å². The number of rotatable bonds is 3. The summed E-state index contributed by atoms with van der Waals surface area (Å²) in [4.78, 5) is 23.6.